The van der Waals surface area contributed by atoms with Crippen molar-refractivity contribution in [3.05, 3.63) is 29.8 Å². The summed E-state index contributed by atoms with van der Waals surface area (Å²) in [5.74, 6) is 0.754. The fourth-order valence-electron chi connectivity index (χ4n) is 2.14. The average Bonchev–Trinajstić information content (AvgIpc) is 2.97. The molecular weight excluding hydrogens is 292 g/mol. The lowest BCUT2D eigenvalue weighted by atomic mass is 10.2. The van der Waals surface area contributed by atoms with Gasteiger partial charge in [-0.15, -0.1) is 12.4 Å². The second-order valence-corrected chi connectivity index (χ2v) is 4.88. The van der Waals surface area contributed by atoms with Crippen LogP contribution in [0.25, 0.3) is 0 Å². The molecule has 5 nitrogen and oxygen atoms in total. The fourth-order valence-corrected chi connectivity index (χ4v) is 2.14. The van der Waals surface area contributed by atoms with Gasteiger partial charge in [-0.25, -0.2) is 0 Å². The number of carbonyl (C=O) groups excluding carboxylic acids is 1. The van der Waals surface area contributed by atoms with Gasteiger partial charge in [0.25, 0.3) is 5.91 Å². The highest BCUT2D eigenvalue weighted by molar-refractivity contribution is 5.94. The van der Waals surface area contributed by atoms with Gasteiger partial charge in [0.05, 0.1) is 6.61 Å². The Hall–Kier alpha value is -1.30. The lowest BCUT2D eigenvalue weighted by Gasteiger charge is -2.11. The van der Waals surface area contributed by atoms with Crippen molar-refractivity contribution < 1.29 is 14.3 Å². The van der Waals surface area contributed by atoms with Crippen LogP contribution in [-0.4, -0.2) is 45.4 Å². The summed E-state index contributed by atoms with van der Waals surface area (Å²) >= 11 is 0. The molecule has 118 valence electrons. The topological polar surface area (TPSA) is 59.6 Å². The van der Waals surface area contributed by atoms with Crippen LogP contribution in [0.2, 0.25) is 0 Å². The van der Waals surface area contributed by atoms with E-state index in [2.05, 4.69) is 10.6 Å². The zero-order chi connectivity index (χ0) is 14.2. The molecule has 1 aliphatic rings. The summed E-state index contributed by atoms with van der Waals surface area (Å²) in [6.45, 7) is 3.13. The largest absolute Gasteiger partial charge is 0.494 e. The molecule has 0 radical (unpaired) electrons. The standard InChI is InChI=1S/C15H22N2O3.ClH/c1-19-9-2-10-20-14-5-3-12(4-6-14)15(18)17-13-7-8-16-11-13;/h3-6,13,16H,2,7-11H2,1H3,(H,17,18);1H. The molecule has 2 rings (SSSR count). The molecule has 1 aromatic carbocycles. The van der Waals surface area contributed by atoms with Crippen molar-refractivity contribution in [3.63, 3.8) is 0 Å². The van der Waals surface area contributed by atoms with Crippen LogP contribution >= 0.6 is 12.4 Å². The van der Waals surface area contributed by atoms with Gasteiger partial charge in [-0.2, -0.15) is 0 Å². The zero-order valence-corrected chi connectivity index (χ0v) is 13.1. The monoisotopic (exact) mass is 314 g/mol. The van der Waals surface area contributed by atoms with Gasteiger partial charge in [-0.3, -0.25) is 4.79 Å². The lowest BCUT2D eigenvalue weighted by Crippen LogP contribution is -2.36. The minimum atomic E-state index is -0.0235. The van der Waals surface area contributed by atoms with Gasteiger partial charge in [-0.05, 0) is 37.2 Å². The van der Waals surface area contributed by atoms with Crippen LogP contribution < -0.4 is 15.4 Å². The number of hydrogen-bond donors (Lipinski definition) is 2. The van der Waals surface area contributed by atoms with E-state index in [0.29, 0.717) is 18.8 Å². The van der Waals surface area contributed by atoms with E-state index >= 15 is 0 Å². The van der Waals surface area contributed by atoms with Crippen molar-refractivity contribution >= 4 is 18.3 Å². The summed E-state index contributed by atoms with van der Waals surface area (Å²) in [4.78, 5) is 12.0. The first-order valence-electron chi connectivity index (χ1n) is 7.03. The lowest BCUT2D eigenvalue weighted by molar-refractivity contribution is 0.0940. The van der Waals surface area contributed by atoms with Gasteiger partial charge in [-0.1, -0.05) is 0 Å². The molecule has 0 bridgehead atoms. The van der Waals surface area contributed by atoms with Gasteiger partial charge in [0.15, 0.2) is 0 Å². The maximum absolute atomic E-state index is 12.0. The summed E-state index contributed by atoms with van der Waals surface area (Å²) < 4.78 is 10.5. The Bertz CT molecular complexity index is 419. The van der Waals surface area contributed by atoms with E-state index in [4.69, 9.17) is 9.47 Å². The predicted octanol–water partition coefficient (Wildman–Crippen LogP) is 1.62. The van der Waals surface area contributed by atoms with Crippen molar-refractivity contribution in [3.8, 4) is 5.75 Å². The molecule has 1 aromatic rings. The van der Waals surface area contributed by atoms with Gasteiger partial charge < -0.3 is 20.1 Å². The van der Waals surface area contributed by atoms with Gasteiger partial charge in [0.1, 0.15) is 5.75 Å². The number of carbonyl (C=O) groups is 1. The third kappa shape index (κ3) is 5.91. The Morgan fingerprint density at radius 2 is 2.10 bits per heavy atom. The van der Waals surface area contributed by atoms with Crippen molar-refractivity contribution in [1.29, 1.82) is 0 Å². The average molecular weight is 315 g/mol. The smallest absolute Gasteiger partial charge is 0.251 e. The molecular formula is C15H23ClN2O3. The number of nitrogens with one attached hydrogen (secondary N) is 2. The third-order valence-electron chi connectivity index (χ3n) is 3.27. The minimum Gasteiger partial charge on any atom is -0.494 e. The maximum Gasteiger partial charge on any atom is 0.251 e. The molecule has 0 aliphatic carbocycles. The molecule has 2 N–H and O–H groups in total. The molecule has 6 heteroatoms. The third-order valence-corrected chi connectivity index (χ3v) is 3.27. The van der Waals surface area contributed by atoms with Crippen molar-refractivity contribution in [1.82, 2.24) is 10.6 Å². The Kier molecular flexibility index (Phi) is 8.12. The van der Waals surface area contributed by atoms with Crippen molar-refractivity contribution in [2.75, 3.05) is 33.4 Å². The Balaban J connectivity index is 0.00000220. The molecule has 1 heterocycles. The van der Waals surface area contributed by atoms with E-state index in [-0.39, 0.29) is 24.4 Å². The number of ether oxygens (including phenoxy) is 2. The quantitative estimate of drug-likeness (QED) is 0.751. The van der Waals surface area contributed by atoms with Gasteiger partial charge >= 0.3 is 0 Å². The summed E-state index contributed by atoms with van der Waals surface area (Å²) in [6.07, 6.45) is 1.85. The minimum absolute atomic E-state index is 0. The Morgan fingerprint density at radius 1 is 1.33 bits per heavy atom. The predicted molar refractivity (Wildman–Crippen MR) is 84.4 cm³/mol. The number of hydrogen-bond acceptors (Lipinski definition) is 4. The van der Waals surface area contributed by atoms with Crippen molar-refractivity contribution in [2.24, 2.45) is 0 Å². The first kappa shape index (κ1) is 17.8. The highest BCUT2D eigenvalue weighted by Crippen LogP contribution is 2.13. The first-order chi connectivity index (χ1) is 9.79. The van der Waals surface area contributed by atoms with Crippen LogP contribution in [0.15, 0.2) is 24.3 Å². The molecule has 1 saturated heterocycles. The number of methoxy groups -OCH3 is 1. The van der Waals surface area contributed by atoms with Crippen LogP contribution in [0, 0.1) is 0 Å². The zero-order valence-electron chi connectivity index (χ0n) is 12.3. The van der Waals surface area contributed by atoms with Crippen LogP contribution in [0.5, 0.6) is 5.75 Å². The van der Waals surface area contributed by atoms with E-state index in [0.717, 1.165) is 31.7 Å². The molecule has 1 unspecified atom stereocenters. The Morgan fingerprint density at radius 3 is 2.71 bits per heavy atom. The molecule has 0 spiro atoms. The molecule has 1 fully saturated rings. The number of amides is 1. The molecule has 1 atom stereocenters. The van der Waals surface area contributed by atoms with Crippen LogP contribution in [0.4, 0.5) is 0 Å². The fraction of sp³-hybridized carbons (Fsp3) is 0.533. The van der Waals surface area contributed by atoms with Crippen molar-refractivity contribution in [2.45, 2.75) is 18.9 Å². The second-order valence-electron chi connectivity index (χ2n) is 4.88. The molecule has 21 heavy (non-hydrogen) atoms. The molecule has 1 amide bonds. The van der Waals surface area contributed by atoms with E-state index in [1.165, 1.54) is 0 Å². The number of benzene rings is 1. The highest BCUT2D eigenvalue weighted by Gasteiger charge is 2.17. The van der Waals surface area contributed by atoms with E-state index in [9.17, 15) is 4.79 Å². The van der Waals surface area contributed by atoms with E-state index < -0.39 is 0 Å². The van der Waals surface area contributed by atoms with E-state index in [1.54, 1.807) is 19.2 Å². The first-order valence-corrected chi connectivity index (χ1v) is 7.03. The summed E-state index contributed by atoms with van der Waals surface area (Å²) in [6, 6.07) is 7.49. The summed E-state index contributed by atoms with van der Waals surface area (Å²) in [7, 11) is 1.67. The normalized spacial score (nSPS) is 17.1. The number of rotatable bonds is 7. The van der Waals surface area contributed by atoms with Crippen LogP contribution in [-0.2, 0) is 4.74 Å². The maximum atomic E-state index is 12.0. The van der Waals surface area contributed by atoms with Gasteiger partial charge in [0.2, 0.25) is 0 Å². The second kappa shape index (κ2) is 9.60. The molecule has 0 aromatic heterocycles. The van der Waals surface area contributed by atoms with Crippen LogP contribution in [0.1, 0.15) is 23.2 Å². The highest BCUT2D eigenvalue weighted by atomic mass is 35.5. The van der Waals surface area contributed by atoms with Crippen LogP contribution in [0.3, 0.4) is 0 Å². The summed E-state index contributed by atoms with van der Waals surface area (Å²) in [5, 5.41) is 6.24. The van der Waals surface area contributed by atoms with E-state index in [1.807, 2.05) is 12.1 Å². The SMILES string of the molecule is COCCCOc1ccc(C(=O)NC2CCNC2)cc1.Cl. The molecule has 1 aliphatic heterocycles. The summed E-state index contributed by atoms with van der Waals surface area (Å²) in [5.41, 5.74) is 0.668. The van der Waals surface area contributed by atoms with Gasteiger partial charge in [0, 0.05) is 38.3 Å². The number of halogens is 1. The Labute approximate surface area is 131 Å². The molecule has 0 saturated carbocycles.